The number of likely N-dealkylation sites (N-methyl/N-ethyl adjacent to an activating group) is 1. The van der Waals surface area contributed by atoms with Crippen LogP contribution in [0, 0.1) is 5.92 Å². The molecule has 1 saturated carbocycles. The third-order valence-corrected chi connectivity index (χ3v) is 5.02. The minimum absolute atomic E-state index is 0.412. The van der Waals surface area contributed by atoms with E-state index in [1.165, 1.54) is 44.3 Å². The van der Waals surface area contributed by atoms with Gasteiger partial charge in [-0.1, -0.05) is 45.7 Å². The van der Waals surface area contributed by atoms with Crippen molar-refractivity contribution in [3.8, 4) is 0 Å². The third-order valence-electron chi connectivity index (χ3n) is 5.02. The molecule has 1 aliphatic rings. The molecule has 0 aliphatic heterocycles. The molecule has 0 heterocycles. The van der Waals surface area contributed by atoms with Crippen molar-refractivity contribution in [1.82, 2.24) is 4.90 Å². The van der Waals surface area contributed by atoms with Gasteiger partial charge in [0.2, 0.25) is 0 Å². The Bertz CT molecular complexity index is 402. The lowest BCUT2D eigenvalue weighted by atomic mass is 9.94. The minimum atomic E-state index is 0.412. The van der Waals surface area contributed by atoms with Crippen molar-refractivity contribution in [1.29, 1.82) is 0 Å². The standard InChI is InChI=1S/C18H30N2/c1-4-15(5-2)13-20(6-3)14-18(11-12-18)16-7-9-17(19)10-8-16/h7-10,15H,4-6,11-14,19H2,1-3H3. The maximum absolute atomic E-state index is 5.81. The molecular formula is C18H30N2. The van der Waals surface area contributed by atoms with E-state index in [9.17, 15) is 0 Å². The molecule has 2 rings (SSSR count). The smallest absolute Gasteiger partial charge is 0.0314 e. The zero-order valence-corrected chi connectivity index (χ0v) is 13.4. The van der Waals surface area contributed by atoms with E-state index >= 15 is 0 Å². The Morgan fingerprint density at radius 1 is 1.10 bits per heavy atom. The van der Waals surface area contributed by atoms with Crippen LogP contribution in [0.1, 0.15) is 52.0 Å². The van der Waals surface area contributed by atoms with Gasteiger partial charge in [0.15, 0.2) is 0 Å². The summed E-state index contributed by atoms with van der Waals surface area (Å²) in [4.78, 5) is 2.65. The van der Waals surface area contributed by atoms with E-state index in [0.29, 0.717) is 5.41 Å². The van der Waals surface area contributed by atoms with Crippen LogP contribution < -0.4 is 5.73 Å². The highest BCUT2D eigenvalue weighted by Crippen LogP contribution is 2.48. The molecule has 0 amide bonds. The predicted octanol–water partition coefficient (Wildman–Crippen LogP) is 4.06. The Morgan fingerprint density at radius 2 is 1.70 bits per heavy atom. The molecule has 1 aromatic rings. The Balaban J connectivity index is 2.01. The normalized spacial score (nSPS) is 16.9. The molecule has 0 radical (unpaired) electrons. The molecule has 0 saturated heterocycles. The molecule has 0 bridgehead atoms. The van der Waals surface area contributed by atoms with Crippen LogP contribution >= 0.6 is 0 Å². The van der Waals surface area contributed by atoms with Crippen LogP contribution in [0.3, 0.4) is 0 Å². The van der Waals surface area contributed by atoms with Crippen LogP contribution in [0.5, 0.6) is 0 Å². The molecule has 1 aliphatic carbocycles. The first-order valence-corrected chi connectivity index (χ1v) is 8.22. The Hall–Kier alpha value is -1.02. The van der Waals surface area contributed by atoms with Crippen molar-refractivity contribution in [2.45, 2.75) is 51.9 Å². The largest absolute Gasteiger partial charge is 0.399 e. The SMILES string of the molecule is CCC(CC)CN(CC)CC1(c2ccc(N)cc2)CC1. The van der Waals surface area contributed by atoms with Gasteiger partial charge in [0.1, 0.15) is 0 Å². The molecule has 2 N–H and O–H groups in total. The van der Waals surface area contributed by atoms with Crippen LogP contribution in [0.15, 0.2) is 24.3 Å². The Kier molecular flexibility index (Phi) is 5.09. The number of nitrogens with two attached hydrogens (primary N) is 1. The van der Waals surface area contributed by atoms with Crippen LogP contribution in [0.4, 0.5) is 5.69 Å². The molecule has 112 valence electrons. The van der Waals surface area contributed by atoms with Gasteiger partial charge in [0.25, 0.3) is 0 Å². The molecule has 0 aromatic heterocycles. The lowest BCUT2D eigenvalue weighted by molar-refractivity contribution is 0.215. The second kappa shape index (κ2) is 6.62. The summed E-state index contributed by atoms with van der Waals surface area (Å²) in [6.45, 7) is 10.5. The fraction of sp³-hybridized carbons (Fsp3) is 0.667. The first-order chi connectivity index (χ1) is 9.63. The fourth-order valence-electron chi connectivity index (χ4n) is 3.17. The molecule has 0 atom stereocenters. The molecule has 2 heteroatoms. The lowest BCUT2D eigenvalue weighted by Gasteiger charge is -2.29. The summed E-state index contributed by atoms with van der Waals surface area (Å²) in [5.41, 5.74) is 8.57. The van der Waals surface area contributed by atoms with Crippen LogP contribution in [0.25, 0.3) is 0 Å². The number of anilines is 1. The number of hydrogen-bond acceptors (Lipinski definition) is 2. The first kappa shape index (κ1) is 15.4. The van der Waals surface area contributed by atoms with E-state index in [-0.39, 0.29) is 0 Å². The van der Waals surface area contributed by atoms with Crippen LogP contribution in [0.2, 0.25) is 0 Å². The topological polar surface area (TPSA) is 29.3 Å². The van der Waals surface area contributed by atoms with Crippen LogP contribution in [-0.4, -0.2) is 24.5 Å². The summed E-state index contributed by atoms with van der Waals surface area (Å²) < 4.78 is 0. The molecule has 1 aromatic carbocycles. The fourth-order valence-corrected chi connectivity index (χ4v) is 3.17. The molecule has 0 unspecified atom stereocenters. The average molecular weight is 274 g/mol. The van der Waals surface area contributed by atoms with Gasteiger partial charge in [-0.05, 0) is 43.0 Å². The van der Waals surface area contributed by atoms with Gasteiger partial charge < -0.3 is 10.6 Å². The maximum atomic E-state index is 5.81. The highest BCUT2D eigenvalue weighted by Gasteiger charge is 2.45. The second-order valence-electron chi connectivity index (χ2n) is 6.41. The summed E-state index contributed by atoms with van der Waals surface area (Å²) in [6.07, 6.45) is 5.25. The Morgan fingerprint density at radius 3 is 2.15 bits per heavy atom. The zero-order valence-electron chi connectivity index (χ0n) is 13.4. The highest BCUT2D eigenvalue weighted by molar-refractivity contribution is 5.43. The summed E-state index contributed by atoms with van der Waals surface area (Å²) in [7, 11) is 0. The van der Waals surface area contributed by atoms with Crippen molar-refractivity contribution in [2.75, 3.05) is 25.4 Å². The van der Waals surface area contributed by atoms with E-state index in [2.05, 4.69) is 37.8 Å². The number of nitrogen functional groups attached to an aromatic ring is 1. The van der Waals surface area contributed by atoms with Crippen molar-refractivity contribution < 1.29 is 0 Å². The first-order valence-electron chi connectivity index (χ1n) is 8.22. The van der Waals surface area contributed by atoms with Crippen molar-refractivity contribution >= 4 is 5.69 Å². The predicted molar refractivity (Wildman–Crippen MR) is 88.0 cm³/mol. The van der Waals surface area contributed by atoms with E-state index in [1.807, 2.05) is 12.1 Å². The lowest BCUT2D eigenvalue weighted by Crippen LogP contribution is -2.36. The number of rotatable bonds is 8. The molecular weight excluding hydrogens is 244 g/mol. The third kappa shape index (κ3) is 3.54. The van der Waals surface area contributed by atoms with Crippen molar-refractivity contribution in [2.24, 2.45) is 5.92 Å². The van der Waals surface area contributed by atoms with Crippen LogP contribution in [-0.2, 0) is 5.41 Å². The van der Waals surface area contributed by atoms with Gasteiger partial charge >= 0.3 is 0 Å². The summed E-state index contributed by atoms with van der Waals surface area (Å²) in [5, 5.41) is 0. The van der Waals surface area contributed by atoms with E-state index in [0.717, 1.165) is 18.2 Å². The second-order valence-corrected chi connectivity index (χ2v) is 6.41. The van der Waals surface area contributed by atoms with Gasteiger partial charge in [-0.3, -0.25) is 0 Å². The van der Waals surface area contributed by atoms with E-state index in [1.54, 1.807) is 0 Å². The number of nitrogens with zero attached hydrogens (tertiary/aromatic N) is 1. The minimum Gasteiger partial charge on any atom is -0.399 e. The summed E-state index contributed by atoms with van der Waals surface area (Å²) in [6, 6.07) is 8.56. The van der Waals surface area contributed by atoms with Gasteiger partial charge in [-0.25, -0.2) is 0 Å². The number of hydrogen-bond donors (Lipinski definition) is 1. The van der Waals surface area contributed by atoms with Gasteiger partial charge in [-0.2, -0.15) is 0 Å². The molecule has 20 heavy (non-hydrogen) atoms. The average Bonchev–Trinajstić information content (AvgIpc) is 3.25. The van der Waals surface area contributed by atoms with E-state index in [4.69, 9.17) is 5.73 Å². The van der Waals surface area contributed by atoms with Gasteiger partial charge in [-0.15, -0.1) is 0 Å². The highest BCUT2D eigenvalue weighted by atomic mass is 15.1. The molecule has 1 fully saturated rings. The zero-order chi connectivity index (χ0) is 14.6. The molecule has 0 spiro atoms. The quantitative estimate of drug-likeness (QED) is 0.724. The van der Waals surface area contributed by atoms with Crippen molar-refractivity contribution in [3.63, 3.8) is 0 Å². The summed E-state index contributed by atoms with van der Waals surface area (Å²) in [5.74, 6) is 0.845. The number of benzene rings is 1. The Labute approximate surface area is 124 Å². The van der Waals surface area contributed by atoms with E-state index < -0.39 is 0 Å². The molecule has 2 nitrogen and oxygen atoms in total. The monoisotopic (exact) mass is 274 g/mol. The summed E-state index contributed by atoms with van der Waals surface area (Å²) >= 11 is 0. The van der Waals surface area contributed by atoms with Gasteiger partial charge in [0, 0.05) is 24.2 Å². The van der Waals surface area contributed by atoms with Crippen molar-refractivity contribution in [3.05, 3.63) is 29.8 Å². The maximum Gasteiger partial charge on any atom is 0.0314 e. The van der Waals surface area contributed by atoms with Gasteiger partial charge in [0.05, 0.1) is 0 Å².